The molecule has 0 saturated carbocycles. The molecule has 0 unspecified atom stereocenters. The molecule has 1 rings (SSSR count). The smallest absolute Gasteiger partial charge is 0.450 e. The minimum absolute atomic E-state index is 0.737. The summed E-state index contributed by atoms with van der Waals surface area (Å²) in [5.74, 6) is 2.58. The van der Waals surface area contributed by atoms with E-state index in [1.54, 1.807) is 0 Å². The van der Waals surface area contributed by atoms with E-state index in [-0.39, 0.29) is 0 Å². The first-order chi connectivity index (χ1) is 6.16. The van der Waals surface area contributed by atoms with E-state index in [0.29, 0.717) is 0 Å². The second-order valence-electron chi connectivity index (χ2n) is 2.15. The van der Waals surface area contributed by atoms with Gasteiger partial charge in [-0.05, 0) is 5.56 Å². The molecular weight excluding hydrogens is 168 g/mol. The molecule has 1 aromatic carbocycles. The Hall–Kier alpha value is -1.95. The van der Waals surface area contributed by atoms with E-state index in [0.717, 1.165) is 6.42 Å². The van der Waals surface area contributed by atoms with Crippen LogP contribution >= 0.6 is 0 Å². The highest BCUT2D eigenvalue weighted by molar-refractivity contribution is 5.53. The van der Waals surface area contributed by atoms with Crippen molar-refractivity contribution in [2.75, 3.05) is 0 Å². The van der Waals surface area contributed by atoms with Gasteiger partial charge in [-0.15, -0.1) is 12.3 Å². The van der Waals surface area contributed by atoms with E-state index >= 15 is 0 Å². The highest BCUT2D eigenvalue weighted by Crippen LogP contribution is 1.96. The van der Waals surface area contributed by atoms with Crippen LogP contribution in [0.15, 0.2) is 30.3 Å². The average molecular weight is 178 g/mol. The largest absolute Gasteiger partial charge is 0.503 e. The van der Waals surface area contributed by atoms with Crippen LogP contribution in [0, 0.1) is 12.3 Å². The van der Waals surface area contributed by atoms with Gasteiger partial charge in [0.2, 0.25) is 0 Å². The summed E-state index contributed by atoms with van der Waals surface area (Å²) in [6.07, 6.45) is 4.01. The lowest BCUT2D eigenvalue weighted by atomic mass is 10.2. The fourth-order valence-electron chi connectivity index (χ4n) is 0.714. The molecular formula is C10H10O3. The predicted octanol–water partition coefficient (Wildman–Crippen LogP) is 2.08. The lowest BCUT2D eigenvalue weighted by Gasteiger charge is -1.89. The van der Waals surface area contributed by atoms with Crippen molar-refractivity contribution in [2.24, 2.45) is 0 Å². The third-order valence-corrected chi connectivity index (χ3v) is 1.15. The number of benzene rings is 1. The summed E-state index contributed by atoms with van der Waals surface area (Å²) in [6, 6.07) is 10.0. The summed E-state index contributed by atoms with van der Waals surface area (Å²) in [6.45, 7) is 0. The van der Waals surface area contributed by atoms with Gasteiger partial charge in [-0.25, -0.2) is 4.79 Å². The van der Waals surface area contributed by atoms with Crippen LogP contribution < -0.4 is 0 Å². The minimum atomic E-state index is -1.83. The Morgan fingerprint density at radius 2 is 1.77 bits per heavy atom. The van der Waals surface area contributed by atoms with Crippen LogP contribution in [-0.2, 0) is 6.42 Å². The maximum atomic E-state index is 8.56. The zero-order valence-electron chi connectivity index (χ0n) is 6.97. The maximum Gasteiger partial charge on any atom is 0.503 e. The monoisotopic (exact) mass is 178 g/mol. The van der Waals surface area contributed by atoms with E-state index in [1.165, 1.54) is 5.56 Å². The van der Waals surface area contributed by atoms with Gasteiger partial charge in [0.15, 0.2) is 0 Å². The lowest BCUT2D eigenvalue weighted by molar-refractivity contribution is 0.137. The summed E-state index contributed by atoms with van der Waals surface area (Å²) in [5, 5.41) is 13.9. The van der Waals surface area contributed by atoms with E-state index in [4.69, 9.17) is 21.4 Å². The van der Waals surface area contributed by atoms with Gasteiger partial charge >= 0.3 is 6.16 Å². The van der Waals surface area contributed by atoms with Crippen molar-refractivity contribution in [2.45, 2.75) is 6.42 Å². The molecule has 13 heavy (non-hydrogen) atoms. The number of carboxylic acid groups (broad SMARTS) is 2. The third-order valence-electron chi connectivity index (χ3n) is 1.15. The molecule has 2 N–H and O–H groups in total. The molecule has 0 aliphatic heterocycles. The second kappa shape index (κ2) is 6.74. The van der Waals surface area contributed by atoms with Crippen LogP contribution in [-0.4, -0.2) is 16.4 Å². The highest BCUT2D eigenvalue weighted by atomic mass is 16.6. The van der Waals surface area contributed by atoms with Gasteiger partial charge in [-0.2, -0.15) is 0 Å². The molecule has 0 spiro atoms. The molecule has 0 amide bonds. The van der Waals surface area contributed by atoms with Crippen molar-refractivity contribution >= 4 is 6.16 Å². The molecule has 3 nitrogen and oxygen atoms in total. The Labute approximate surface area is 76.6 Å². The Kier molecular flexibility index (Phi) is 5.73. The van der Waals surface area contributed by atoms with Crippen LogP contribution in [0.5, 0.6) is 0 Å². The molecule has 1 aromatic rings. The van der Waals surface area contributed by atoms with E-state index in [9.17, 15) is 0 Å². The fourth-order valence-corrected chi connectivity index (χ4v) is 0.714. The molecule has 0 heterocycles. The number of carbonyl (C=O) groups is 1. The van der Waals surface area contributed by atoms with Crippen molar-refractivity contribution < 1.29 is 15.0 Å². The Bertz CT molecular complexity index is 281. The third kappa shape index (κ3) is 7.95. The zero-order chi connectivity index (χ0) is 10.1. The molecule has 0 atom stereocenters. The van der Waals surface area contributed by atoms with Crippen molar-refractivity contribution in [3.8, 4) is 12.3 Å². The first-order valence-corrected chi connectivity index (χ1v) is 3.56. The molecule has 0 radical (unpaired) electrons. The second-order valence-corrected chi connectivity index (χ2v) is 2.15. The summed E-state index contributed by atoms with van der Waals surface area (Å²) >= 11 is 0. The summed E-state index contributed by atoms with van der Waals surface area (Å²) in [7, 11) is 0. The molecule has 3 heteroatoms. The topological polar surface area (TPSA) is 57.5 Å². The van der Waals surface area contributed by atoms with Gasteiger partial charge in [0.05, 0.1) is 0 Å². The predicted molar refractivity (Wildman–Crippen MR) is 49.6 cm³/mol. The quantitative estimate of drug-likeness (QED) is 0.647. The first-order valence-electron chi connectivity index (χ1n) is 3.56. The van der Waals surface area contributed by atoms with Crippen molar-refractivity contribution in [3.63, 3.8) is 0 Å². The van der Waals surface area contributed by atoms with E-state index in [2.05, 4.69) is 5.92 Å². The molecule has 68 valence electrons. The molecule has 0 fully saturated rings. The Balaban J connectivity index is 0.000000310. The minimum Gasteiger partial charge on any atom is -0.450 e. The van der Waals surface area contributed by atoms with Gasteiger partial charge in [-0.1, -0.05) is 30.3 Å². The molecule has 0 bridgehead atoms. The van der Waals surface area contributed by atoms with Gasteiger partial charge in [0.25, 0.3) is 0 Å². The Morgan fingerprint density at radius 3 is 2.15 bits per heavy atom. The highest BCUT2D eigenvalue weighted by Gasteiger charge is 1.82. The summed E-state index contributed by atoms with van der Waals surface area (Å²) < 4.78 is 0. The summed E-state index contributed by atoms with van der Waals surface area (Å²) in [5.41, 5.74) is 1.21. The van der Waals surface area contributed by atoms with Crippen molar-refractivity contribution in [1.82, 2.24) is 0 Å². The average Bonchev–Trinajstić information content (AvgIpc) is 2.06. The first kappa shape index (κ1) is 11.1. The van der Waals surface area contributed by atoms with Crippen molar-refractivity contribution in [3.05, 3.63) is 35.9 Å². The van der Waals surface area contributed by atoms with Crippen LogP contribution in [0.4, 0.5) is 4.79 Å². The molecule has 0 aliphatic rings. The molecule has 0 aromatic heterocycles. The van der Waals surface area contributed by atoms with E-state index < -0.39 is 6.16 Å². The number of rotatable bonds is 1. The SMILES string of the molecule is C#CCc1ccccc1.O=C(O)O. The lowest BCUT2D eigenvalue weighted by Crippen LogP contribution is -1.81. The van der Waals surface area contributed by atoms with Gasteiger partial charge in [0.1, 0.15) is 0 Å². The standard InChI is InChI=1S/C9H8.CH2O3/c1-2-6-9-7-4-3-5-8-9;2-1(3)4/h1,3-5,7-8H,6H2;(H2,2,3,4). The zero-order valence-corrected chi connectivity index (χ0v) is 6.97. The number of hydrogen-bond donors (Lipinski definition) is 2. The molecule has 0 saturated heterocycles. The number of hydrogen-bond acceptors (Lipinski definition) is 1. The van der Waals surface area contributed by atoms with E-state index in [1.807, 2.05) is 30.3 Å². The van der Waals surface area contributed by atoms with Crippen LogP contribution in [0.25, 0.3) is 0 Å². The van der Waals surface area contributed by atoms with Crippen LogP contribution in [0.1, 0.15) is 5.56 Å². The fraction of sp³-hybridized carbons (Fsp3) is 0.100. The van der Waals surface area contributed by atoms with Gasteiger partial charge in [0, 0.05) is 6.42 Å². The maximum absolute atomic E-state index is 8.56. The summed E-state index contributed by atoms with van der Waals surface area (Å²) in [4.78, 5) is 8.56. The van der Waals surface area contributed by atoms with Crippen molar-refractivity contribution in [1.29, 1.82) is 0 Å². The Morgan fingerprint density at radius 1 is 1.31 bits per heavy atom. The number of terminal acetylenes is 1. The van der Waals surface area contributed by atoms with Crippen LogP contribution in [0.3, 0.4) is 0 Å². The van der Waals surface area contributed by atoms with Gasteiger partial charge < -0.3 is 10.2 Å². The van der Waals surface area contributed by atoms with Gasteiger partial charge in [-0.3, -0.25) is 0 Å². The normalized spacial score (nSPS) is 7.62. The molecule has 0 aliphatic carbocycles. The van der Waals surface area contributed by atoms with Crippen LogP contribution in [0.2, 0.25) is 0 Å².